The van der Waals surface area contributed by atoms with Crippen molar-refractivity contribution in [2.45, 2.75) is 78.4 Å². The van der Waals surface area contributed by atoms with E-state index in [1.54, 1.807) is 0 Å². The van der Waals surface area contributed by atoms with E-state index in [0.29, 0.717) is 17.4 Å². The monoisotopic (exact) mass is 295 g/mol. The van der Waals surface area contributed by atoms with E-state index in [4.69, 9.17) is 11.5 Å². The van der Waals surface area contributed by atoms with Gasteiger partial charge in [-0.15, -0.1) is 0 Å². The molecule has 0 bridgehead atoms. The Morgan fingerprint density at radius 1 is 1.05 bits per heavy atom. The maximum absolute atomic E-state index is 6.26. The molecule has 2 rings (SSSR count). The lowest BCUT2D eigenvalue weighted by molar-refractivity contribution is 0.0987. The highest BCUT2D eigenvalue weighted by molar-refractivity contribution is 4.90. The van der Waals surface area contributed by atoms with Gasteiger partial charge in [0.2, 0.25) is 0 Å². The molecule has 2 aliphatic rings. The Balaban J connectivity index is 1.95. The Morgan fingerprint density at radius 3 is 2.29 bits per heavy atom. The van der Waals surface area contributed by atoms with E-state index in [2.05, 4.69) is 33.0 Å². The Morgan fingerprint density at radius 2 is 1.71 bits per heavy atom. The molecule has 1 saturated carbocycles. The summed E-state index contributed by atoms with van der Waals surface area (Å²) in [5.41, 5.74) is 12.8. The third-order valence-electron chi connectivity index (χ3n) is 5.97. The third kappa shape index (κ3) is 4.67. The fraction of sp³-hybridized carbons (Fsp3) is 1.00. The van der Waals surface area contributed by atoms with Crippen molar-refractivity contribution in [2.75, 3.05) is 6.54 Å². The minimum absolute atomic E-state index is 0.207. The first-order valence-electron chi connectivity index (χ1n) is 9.03. The Bertz CT molecular complexity index is 326. The number of nitrogens with two attached hydrogens (primary N) is 2. The molecular weight excluding hydrogens is 258 g/mol. The molecule has 21 heavy (non-hydrogen) atoms. The first-order valence-corrected chi connectivity index (χ1v) is 9.03. The van der Waals surface area contributed by atoms with E-state index in [-0.39, 0.29) is 6.17 Å². The number of nitrogens with one attached hydrogen (secondary N) is 1. The van der Waals surface area contributed by atoms with Crippen LogP contribution in [0.4, 0.5) is 0 Å². The largest absolute Gasteiger partial charge is 0.328 e. The molecule has 1 aliphatic heterocycles. The first kappa shape index (κ1) is 17.2. The van der Waals surface area contributed by atoms with Crippen LogP contribution >= 0.6 is 0 Å². The van der Waals surface area contributed by atoms with Gasteiger partial charge in [0.1, 0.15) is 0 Å². The lowest BCUT2D eigenvalue weighted by atomic mass is 9.65. The van der Waals surface area contributed by atoms with E-state index >= 15 is 0 Å². The summed E-state index contributed by atoms with van der Waals surface area (Å²) in [6.07, 6.45) is 7.77. The van der Waals surface area contributed by atoms with E-state index in [1.165, 1.54) is 38.5 Å². The number of rotatable bonds is 5. The van der Waals surface area contributed by atoms with Gasteiger partial charge in [0, 0.05) is 6.04 Å². The molecule has 5 unspecified atom stereocenters. The van der Waals surface area contributed by atoms with Gasteiger partial charge in [-0.1, -0.05) is 27.7 Å². The summed E-state index contributed by atoms with van der Waals surface area (Å²) in [4.78, 5) is 0. The van der Waals surface area contributed by atoms with Crippen LogP contribution in [0.2, 0.25) is 0 Å². The summed E-state index contributed by atoms with van der Waals surface area (Å²) in [6, 6.07) is 0.427. The maximum atomic E-state index is 6.26. The maximum Gasteiger partial charge on any atom is 0.0576 e. The van der Waals surface area contributed by atoms with Crippen LogP contribution in [0.5, 0.6) is 0 Å². The SMILES string of the molecule is CC(C)C1CCC(N)CC1CC(C)(C)CC1CCNC1N. The van der Waals surface area contributed by atoms with Gasteiger partial charge in [0.25, 0.3) is 0 Å². The minimum Gasteiger partial charge on any atom is -0.328 e. The average Bonchev–Trinajstić information content (AvgIpc) is 2.73. The van der Waals surface area contributed by atoms with Gasteiger partial charge in [-0.05, 0) is 74.2 Å². The molecule has 1 heterocycles. The van der Waals surface area contributed by atoms with Crippen LogP contribution in [-0.4, -0.2) is 18.8 Å². The van der Waals surface area contributed by atoms with Gasteiger partial charge in [0.05, 0.1) is 6.17 Å². The standard InChI is InChI=1S/C18H37N3/c1-12(2)16-6-5-15(19)9-14(16)11-18(3,4)10-13-7-8-21-17(13)20/h12-17,21H,5-11,19-20H2,1-4H3. The minimum atomic E-state index is 0.207. The molecule has 3 nitrogen and oxygen atoms in total. The summed E-state index contributed by atoms with van der Waals surface area (Å²) >= 11 is 0. The molecule has 0 radical (unpaired) electrons. The van der Waals surface area contributed by atoms with Crippen molar-refractivity contribution < 1.29 is 0 Å². The molecule has 0 aromatic carbocycles. The van der Waals surface area contributed by atoms with E-state index in [0.717, 1.165) is 24.3 Å². The summed E-state index contributed by atoms with van der Waals surface area (Å²) in [7, 11) is 0. The molecule has 1 saturated heterocycles. The van der Waals surface area contributed by atoms with Crippen LogP contribution in [0.1, 0.15) is 66.2 Å². The van der Waals surface area contributed by atoms with Gasteiger partial charge in [0.15, 0.2) is 0 Å². The summed E-state index contributed by atoms with van der Waals surface area (Å²) < 4.78 is 0. The lowest BCUT2D eigenvalue weighted by Crippen LogP contribution is -2.40. The normalized spacial score (nSPS) is 38.1. The molecule has 2 fully saturated rings. The van der Waals surface area contributed by atoms with Gasteiger partial charge >= 0.3 is 0 Å². The molecule has 3 heteroatoms. The number of hydrogen-bond acceptors (Lipinski definition) is 3. The molecular formula is C18H37N3. The van der Waals surface area contributed by atoms with Crippen molar-refractivity contribution in [1.29, 1.82) is 0 Å². The zero-order chi connectivity index (χ0) is 15.6. The highest BCUT2D eigenvalue weighted by atomic mass is 15.1. The van der Waals surface area contributed by atoms with Crippen LogP contribution < -0.4 is 16.8 Å². The Labute approximate surface area is 131 Å². The fourth-order valence-electron chi connectivity index (χ4n) is 4.95. The number of hydrogen-bond donors (Lipinski definition) is 3. The van der Waals surface area contributed by atoms with Crippen molar-refractivity contribution in [3.05, 3.63) is 0 Å². The van der Waals surface area contributed by atoms with Gasteiger partial charge in [-0.2, -0.15) is 0 Å². The second-order valence-corrected chi connectivity index (χ2v) is 8.84. The molecule has 5 atom stereocenters. The molecule has 5 N–H and O–H groups in total. The van der Waals surface area contributed by atoms with E-state index in [9.17, 15) is 0 Å². The predicted molar refractivity (Wildman–Crippen MR) is 90.7 cm³/mol. The van der Waals surface area contributed by atoms with E-state index < -0.39 is 0 Å². The van der Waals surface area contributed by atoms with Crippen molar-refractivity contribution >= 4 is 0 Å². The van der Waals surface area contributed by atoms with Gasteiger partial charge in [-0.25, -0.2) is 0 Å². The Hall–Kier alpha value is -0.120. The lowest BCUT2D eigenvalue weighted by Gasteiger charge is -2.42. The third-order valence-corrected chi connectivity index (χ3v) is 5.97. The molecule has 0 aromatic rings. The second-order valence-electron chi connectivity index (χ2n) is 8.84. The highest BCUT2D eigenvalue weighted by Crippen LogP contribution is 2.44. The van der Waals surface area contributed by atoms with Crippen LogP contribution in [0, 0.1) is 29.1 Å². The second kappa shape index (κ2) is 6.97. The van der Waals surface area contributed by atoms with Gasteiger partial charge < -0.3 is 16.8 Å². The Kier molecular flexibility index (Phi) is 5.72. The van der Waals surface area contributed by atoms with Crippen LogP contribution in [0.15, 0.2) is 0 Å². The summed E-state index contributed by atoms with van der Waals surface area (Å²) in [6.45, 7) is 10.7. The van der Waals surface area contributed by atoms with Crippen molar-refractivity contribution in [3.8, 4) is 0 Å². The van der Waals surface area contributed by atoms with Crippen molar-refractivity contribution in [3.63, 3.8) is 0 Å². The van der Waals surface area contributed by atoms with E-state index in [1.807, 2.05) is 0 Å². The van der Waals surface area contributed by atoms with Crippen LogP contribution in [0.25, 0.3) is 0 Å². The predicted octanol–water partition coefficient (Wildman–Crippen LogP) is 3.09. The first-order chi connectivity index (χ1) is 9.78. The molecule has 124 valence electrons. The van der Waals surface area contributed by atoms with Crippen LogP contribution in [0.3, 0.4) is 0 Å². The fourth-order valence-corrected chi connectivity index (χ4v) is 4.95. The van der Waals surface area contributed by atoms with Crippen LogP contribution in [-0.2, 0) is 0 Å². The van der Waals surface area contributed by atoms with Crippen molar-refractivity contribution in [1.82, 2.24) is 5.32 Å². The molecule has 0 spiro atoms. The smallest absolute Gasteiger partial charge is 0.0576 e. The highest BCUT2D eigenvalue weighted by Gasteiger charge is 2.37. The average molecular weight is 296 g/mol. The molecule has 1 aliphatic carbocycles. The quantitative estimate of drug-likeness (QED) is 0.730. The zero-order valence-corrected chi connectivity index (χ0v) is 14.6. The molecule has 0 amide bonds. The summed E-state index contributed by atoms with van der Waals surface area (Å²) in [5, 5.41) is 3.39. The summed E-state index contributed by atoms with van der Waals surface area (Å²) in [5.74, 6) is 3.09. The van der Waals surface area contributed by atoms with Crippen molar-refractivity contribution in [2.24, 2.45) is 40.6 Å². The molecule has 0 aromatic heterocycles. The topological polar surface area (TPSA) is 64.1 Å². The zero-order valence-electron chi connectivity index (χ0n) is 14.6. The van der Waals surface area contributed by atoms with Gasteiger partial charge in [-0.3, -0.25) is 0 Å².